The Morgan fingerprint density at radius 1 is 1.07 bits per heavy atom. The number of benzene rings is 2. The third-order valence-electron chi connectivity index (χ3n) is 4.52. The lowest BCUT2D eigenvalue weighted by atomic mass is 9.92. The number of fused-ring (bicyclic) bond motifs is 1. The Morgan fingerprint density at radius 2 is 1.78 bits per heavy atom. The number of aliphatic hydroxyl groups is 1. The van der Waals surface area contributed by atoms with Crippen molar-refractivity contribution in [3.05, 3.63) is 76.1 Å². The molecule has 0 fully saturated rings. The van der Waals surface area contributed by atoms with Gasteiger partial charge in [0.1, 0.15) is 5.75 Å². The molecule has 0 saturated heterocycles. The van der Waals surface area contributed by atoms with Crippen molar-refractivity contribution in [2.24, 2.45) is 0 Å². The molecule has 1 aromatic heterocycles. The van der Waals surface area contributed by atoms with Gasteiger partial charge in [0, 0.05) is 17.0 Å². The van der Waals surface area contributed by atoms with Gasteiger partial charge in [0.2, 0.25) is 5.56 Å². The Labute approximate surface area is 164 Å². The van der Waals surface area contributed by atoms with Crippen molar-refractivity contribution in [1.29, 1.82) is 0 Å². The van der Waals surface area contributed by atoms with Gasteiger partial charge in [-0.1, -0.05) is 36.4 Å². The maximum atomic E-state index is 11.6. The molecular formula is C21H25ClN2O3. The van der Waals surface area contributed by atoms with E-state index in [-0.39, 0.29) is 41.9 Å². The summed E-state index contributed by atoms with van der Waals surface area (Å²) in [4.78, 5) is 14.3. The van der Waals surface area contributed by atoms with E-state index in [1.54, 1.807) is 18.2 Å². The van der Waals surface area contributed by atoms with Gasteiger partial charge in [-0.05, 0) is 43.5 Å². The number of hydrogen-bond acceptors (Lipinski definition) is 4. The molecule has 3 aromatic rings. The number of aliphatic hydroxyl groups excluding tert-OH is 1. The predicted octanol–water partition coefficient (Wildman–Crippen LogP) is 3.30. The molecule has 6 heteroatoms. The molecule has 0 amide bonds. The summed E-state index contributed by atoms with van der Waals surface area (Å²) in [6.07, 6.45) is 0.803. The molecule has 0 radical (unpaired) electrons. The molecule has 0 aliphatic heterocycles. The summed E-state index contributed by atoms with van der Waals surface area (Å²) in [5, 5.41) is 24.3. The lowest BCUT2D eigenvalue weighted by molar-refractivity contribution is 0.211. The van der Waals surface area contributed by atoms with Crippen LogP contribution in [0.25, 0.3) is 10.9 Å². The van der Waals surface area contributed by atoms with Crippen LogP contribution in [-0.4, -0.2) is 27.3 Å². The second kappa shape index (κ2) is 8.57. The quantitative estimate of drug-likeness (QED) is 0.522. The number of phenols is 1. The van der Waals surface area contributed by atoms with Crippen LogP contribution in [0, 0.1) is 0 Å². The highest BCUT2D eigenvalue weighted by Crippen LogP contribution is 2.30. The Bertz CT molecular complexity index is 955. The van der Waals surface area contributed by atoms with Gasteiger partial charge < -0.3 is 20.5 Å². The van der Waals surface area contributed by atoms with Crippen LogP contribution in [0.1, 0.15) is 31.0 Å². The Morgan fingerprint density at radius 3 is 2.44 bits per heavy atom. The van der Waals surface area contributed by atoms with E-state index in [9.17, 15) is 15.0 Å². The summed E-state index contributed by atoms with van der Waals surface area (Å²) in [5.74, 6) is 0.0154. The van der Waals surface area contributed by atoms with Gasteiger partial charge in [-0.3, -0.25) is 4.79 Å². The predicted molar refractivity (Wildman–Crippen MR) is 111 cm³/mol. The lowest BCUT2D eigenvalue weighted by Gasteiger charge is -2.32. The zero-order chi connectivity index (χ0) is 18.7. The number of H-pyrrole nitrogens is 1. The number of pyridine rings is 1. The summed E-state index contributed by atoms with van der Waals surface area (Å²) in [6.45, 7) is 4.08. The van der Waals surface area contributed by atoms with E-state index in [1.807, 2.05) is 18.2 Å². The molecule has 0 bridgehead atoms. The van der Waals surface area contributed by atoms with Crippen molar-refractivity contribution < 1.29 is 10.2 Å². The maximum Gasteiger partial charge on any atom is 0.248 e. The number of nitrogens with one attached hydrogen (secondary N) is 2. The van der Waals surface area contributed by atoms with E-state index in [0.717, 1.165) is 12.0 Å². The summed E-state index contributed by atoms with van der Waals surface area (Å²) < 4.78 is 0. The van der Waals surface area contributed by atoms with Gasteiger partial charge in [0.05, 0.1) is 18.2 Å². The topological polar surface area (TPSA) is 85.3 Å². The summed E-state index contributed by atoms with van der Waals surface area (Å²) in [5.41, 5.74) is 1.89. The summed E-state index contributed by atoms with van der Waals surface area (Å²) in [6, 6.07) is 16.3. The second-order valence-electron chi connectivity index (χ2n) is 7.21. The number of rotatable bonds is 6. The second-order valence-corrected chi connectivity index (χ2v) is 7.21. The van der Waals surface area contributed by atoms with Crippen molar-refractivity contribution in [1.82, 2.24) is 10.3 Å². The zero-order valence-electron chi connectivity index (χ0n) is 15.4. The van der Waals surface area contributed by atoms with Crippen LogP contribution in [-0.2, 0) is 6.42 Å². The fraction of sp³-hybridized carbons (Fsp3) is 0.286. The van der Waals surface area contributed by atoms with E-state index in [1.165, 1.54) is 11.6 Å². The average Bonchev–Trinajstić information content (AvgIpc) is 2.61. The average molecular weight is 389 g/mol. The van der Waals surface area contributed by atoms with Gasteiger partial charge in [-0.15, -0.1) is 12.4 Å². The van der Waals surface area contributed by atoms with Crippen molar-refractivity contribution in [3.8, 4) is 5.75 Å². The third kappa shape index (κ3) is 4.89. The van der Waals surface area contributed by atoms with Gasteiger partial charge in [0.15, 0.2) is 0 Å². The van der Waals surface area contributed by atoms with Crippen molar-refractivity contribution >= 4 is 23.3 Å². The van der Waals surface area contributed by atoms with Crippen LogP contribution in [0.15, 0.2) is 59.4 Å². The zero-order valence-corrected chi connectivity index (χ0v) is 16.2. The van der Waals surface area contributed by atoms with Gasteiger partial charge in [0.25, 0.3) is 0 Å². The van der Waals surface area contributed by atoms with Crippen LogP contribution in [0.4, 0.5) is 0 Å². The molecule has 5 nitrogen and oxygen atoms in total. The van der Waals surface area contributed by atoms with Crippen LogP contribution in [0.3, 0.4) is 0 Å². The van der Waals surface area contributed by atoms with Crippen molar-refractivity contribution in [2.75, 3.05) is 6.61 Å². The Hall–Kier alpha value is -2.34. The summed E-state index contributed by atoms with van der Waals surface area (Å²) in [7, 11) is 0. The van der Waals surface area contributed by atoms with Gasteiger partial charge >= 0.3 is 0 Å². The van der Waals surface area contributed by atoms with Crippen LogP contribution < -0.4 is 10.9 Å². The molecule has 0 aliphatic rings. The first-order valence-corrected chi connectivity index (χ1v) is 8.67. The molecule has 0 spiro atoms. The summed E-state index contributed by atoms with van der Waals surface area (Å²) >= 11 is 0. The van der Waals surface area contributed by atoms with E-state index >= 15 is 0 Å². The number of halogens is 1. The Balaban J connectivity index is 0.00000261. The highest BCUT2D eigenvalue weighted by molar-refractivity contribution is 5.87. The fourth-order valence-electron chi connectivity index (χ4n) is 3.41. The van der Waals surface area contributed by atoms with Crippen LogP contribution >= 0.6 is 12.4 Å². The highest BCUT2D eigenvalue weighted by atomic mass is 35.5. The van der Waals surface area contributed by atoms with Crippen molar-refractivity contribution in [2.45, 2.75) is 31.8 Å². The molecule has 1 heterocycles. The molecular weight excluding hydrogens is 364 g/mol. The van der Waals surface area contributed by atoms with Crippen molar-refractivity contribution in [3.63, 3.8) is 0 Å². The van der Waals surface area contributed by atoms with E-state index in [0.29, 0.717) is 10.9 Å². The normalized spacial score (nSPS) is 12.6. The molecule has 3 rings (SSSR count). The largest absolute Gasteiger partial charge is 0.506 e. The van der Waals surface area contributed by atoms with Gasteiger partial charge in [-0.2, -0.15) is 0 Å². The lowest BCUT2D eigenvalue weighted by Crippen LogP contribution is -2.44. The maximum absolute atomic E-state index is 11.6. The molecule has 4 N–H and O–H groups in total. The standard InChI is InChI=1S/C21H24N2O3.ClH/c1-21(2,12-14-6-4-3-5-7-14)23-17(13-24)15-8-10-18(25)20-16(15)9-11-19(26)22-20;/h3-11,17,23-25H,12-13H2,1-2H3,(H,22,26);1H. The number of phenolic OH excluding ortho intramolecular Hbond substituents is 1. The highest BCUT2D eigenvalue weighted by Gasteiger charge is 2.25. The minimum atomic E-state index is -0.331. The molecule has 0 saturated carbocycles. The molecule has 1 atom stereocenters. The third-order valence-corrected chi connectivity index (χ3v) is 4.52. The Kier molecular flexibility index (Phi) is 6.65. The number of aromatic hydroxyl groups is 1. The number of aromatic nitrogens is 1. The smallest absolute Gasteiger partial charge is 0.248 e. The first-order valence-electron chi connectivity index (χ1n) is 8.67. The minimum absolute atomic E-state index is 0. The first kappa shape index (κ1) is 21.0. The van der Waals surface area contributed by atoms with E-state index < -0.39 is 0 Å². The van der Waals surface area contributed by atoms with Gasteiger partial charge in [-0.25, -0.2) is 0 Å². The van der Waals surface area contributed by atoms with Crippen LogP contribution in [0.2, 0.25) is 0 Å². The minimum Gasteiger partial charge on any atom is -0.506 e. The molecule has 27 heavy (non-hydrogen) atoms. The SMILES string of the molecule is CC(C)(Cc1ccccc1)NC(CO)c1ccc(O)c2[nH]c(=O)ccc12.Cl. The first-order chi connectivity index (χ1) is 12.4. The molecule has 0 aliphatic carbocycles. The molecule has 144 valence electrons. The van der Waals surface area contributed by atoms with E-state index in [4.69, 9.17) is 0 Å². The number of hydrogen-bond donors (Lipinski definition) is 4. The fourth-order valence-corrected chi connectivity index (χ4v) is 3.41. The monoisotopic (exact) mass is 388 g/mol. The van der Waals surface area contributed by atoms with Crippen LogP contribution in [0.5, 0.6) is 5.75 Å². The molecule has 1 unspecified atom stereocenters. The molecule has 2 aromatic carbocycles. The van der Waals surface area contributed by atoms with E-state index in [2.05, 4.69) is 36.3 Å². The number of aromatic amines is 1.